The first-order chi connectivity index (χ1) is 21.5. The molecular weight excluding hydrogens is 570 g/mol. The Balaban J connectivity index is 1.58. The topological polar surface area (TPSA) is 114 Å². The molecule has 236 valence electrons. The van der Waals surface area contributed by atoms with Crippen molar-refractivity contribution in [1.82, 2.24) is 19.4 Å². The summed E-state index contributed by atoms with van der Waals surface area (Å²) < 4.78 is 13.3. The van der Waals surface area contributed by atoms with Gasteiger partial charge in [0.2, 0.25) is 11.9 Å². The third-order valence-corrected chi connectivity index (χ3v) is 8.23. The Morgan fingerprint density at radius 1 is 1.16 bits per heavy atom. The van der Waals surface area contributed by atoms with Crippen molar-refractivity contribution in [2.75, 3.05) is 50.3 Å². The Kier molecular flexibility index (Phi) is 8.83. The van der Waals surface area contributed by atoms with E-state index >= 15 is 0 Å². The number of benzene rings is 2. The third-order valence-electron chi connectivity index (χ3n) is 8.23. The van der Waals surface area contributed by atoms with Crippen LogP contribution in [0.2, 0.25) is 0 Å². The molecule has 2 heterocycles. The van der Waals surface area contributed by atoms with Gasteiger partial charge in [-0.05, 0) is 59.0 Å². The quantitative estimate of drug-likeness (QED) is 0.156. The molecule has 2 N–H and O–H groups in total. The van der Waals surface area contributed by atoms with Gasteiger partial charge in [-0.1, -0.05) is 24.8 Å². The first-order valence-electron chi connectivity index (χ1n) is 14.9. The Morgan fingerprint density at radius 3 is 2.53 bits per heavy atom. The maximum atomic E-state index is 13.2. The largest absolute Gasteiger partial charge is 0.494 e. The van der Waals surface area contributed by atoms with Gasteiger partial charge < -0.3 is 34.5 Å². The van der Waals surface area contributed by atoms with Crippen LogP contribution in [0.4, 0.5) is 23.0 Å². The fourth-order valence-corrected chi connectivity index (χ4v) is 5.58. The molecule has 0 radical (unpaired) electrons. The number of methoxy groups -OCH3 is 1. The molecule has 0 unspecified atom stereocenters. The molecule has 1 aliphatic carbocycles. The number of amides is 1. The number of carbonyl (C=O) groups is 2. The summed E-state index contributed by atoms with van der Waals surface area (Å²) in [6, 6.07) is 11.6. The number of ether oxygens (including phenoxy) is 2. The van der Waals surface area contributed by atoms with E-state index in [9.17, 15) is 9.59 Å². The van der Waals surface area contributed by atoms with Crippen LogP contribution in [0, 0.1) is 0 Å². The Labute approximate surface area is 263 Å². The number of aromatic nitrogens is 3. The van der Waals surface area contributed by atoms with E-state index in [4.69, 9.17) is 14.5 Å². The predicted octanol–water partition coefficient (Wildman–Crippen LogP) is 5.61. The highest BCUT2D eigenvalue weighted by Gasteiger charge is 2.45. The summed E-state index contributed by atoms with van der Waals surface area (Å²) in [5.74, 6) is -0.0761. The van der Waals surface area contributed by atoms with Crippen LogP contribution in [0.1, 0.15) is 37.0 Å². The zero-order valence-corrected chi connectivity index (χ0v) is 27.0. The minimum absolute atomic E-state index is 0.0862. The predicted molar refractivity (Wildman–Crippen MR) is 179 cm³/mol. The summed E-state index contributed by atoms with van der Waals surface area (Å²) >= 11 is 0. The molecule has 0 bridgehead atoms. The van der Waals surface area contributed by atoms with E-state index in [0.29, 0.717) is 22.8 Å². The van der Waals surface area contributed by atoms with Gasteiger partial charge in [0.15, 0.2) is 0 Å². The van der Waals surface area contributed by atoms with E-state index in [-0.39, 0.29) is 29.1 Å². The number of hydrogen-bond acceptors (Lipinski definition) is 9. The third kappa shape index (κ3) is 6.48. The number of aryl methyl sites for hydroxylation is 1. The van der Waals surface area contributed by atoms with Gasteiger partial charge in [-0.25, -0.2) is 14.8 Å². The molecule has 0 saturated heterocycles. The molecule has 2 aromatic heterocycles. The van der Waals surface area contributed by atoms with Gasteiger partial charge in [0.05, 0.1) is 36.0 Å². The summed E-state index contributed by atoms with van der Waals surface area (Å²) in [5, 5.41) is 7.14. The number of nitrogens with one attached hydrogen (secondary N) is 2. The normalized spacial score (nSPS) is 13.5. The first-order valence-corrected chi connectivity index (χ1v) is 14.9. The zero-order chi connectivity index (χ0) is 32.5. The molecule has 4 aromatic rings. The lowest BCUT2D eigenvalue weighted by Gasteiger charge is -2.32. The van der Waals surface area contributed by atoms with Crippen molar-refractivity contribution in [3.05, 3.63) is 67.0 Å². The fraction of sp³-hybridized carbons (Fsp3) is 0.353. The lowest BCUT2D eigenvalue weighted by atomic mass is 10.1. The smallest absolute Gasteiger partial charge is 0.342 e. The van der Waals surface area contributed by atoms with Gasteiger partial charge in [-0.2, -0.15) is 0 Å². The SMILES string of the molecule is C=CC(=O)Nc1cc(Nc2ncc(C(=O)OC(C)C)c(-c3cn(C)c4ccccc34)n2)c(OC)cc1N(C)CC1(N(C)C)CC1. The summed E-state index contributed by atoms with van der Waals surface area (Å²) in [6.07, 6.45) is 6.55. The average Bonchev–Trinajstić information content (AvgIpc) is 3.72. The van der Waals surface area contributed by atoms with Crippen LogP contribution < -0.4 is 20.3 Å². The lowest BCUT2D eigenvalue weighted by molar-refractivity contribution is -0.111. The van der Waals surface area contributed by atoms with Gasteiger partial charge in [-0.3, -0.25) is 4.79 Å². The molecule has 0 aliphatic heterocycles. The maximum absolute atomic E-state index is 13.2. The van der Waals surface area contributed by atoms with Crippen molar-refractivity contribution in [2.45, 2.75) is 38.3 Å². The van der Waals surface area contributed by atoms with Crippen molar-refractivity contribution in [3.8, 4) is 17.0 Å². The van der Waals surface area contributed by atoms with Crippen molar-refractivity contribution in [3.63, 3.8) is 0 Å². The second kappa shape index (κ2) is 12.6. The van der Waals surface area contributed by atoms with Crippen LogP contribution in [0.3, 0.4) is 0 Å². The van der Waals surface area contributed by atoms with E-state index < -0.39 is 5.97 Å². The highest BCUT2D eigenvalue weighted by molar-refractivity contribution is 6.04. The molecule has 1 fully saturated rings. The van der Waals surface area contributed by atoms with E-state index in [0.717, 1.165) is 41.5 Å². The summed E-state index contributed by atoms with van der Waals surface area (Å²) in [6.45, 7) is 7.99. The maximum Gasteiger partial charge on any atom is 0.342 e. The van der Waals surface area contributed by atoms with Gasteiger partial charge in [0, 0.05) is 61.1 Å². The summed E-state index contributed by atoms with van der Waals surface area (Å²) in [7, 11) is 9.72. The fourth-order valence-electron chi connectivity index (χ4n) is 5.58. The summed E-state index contributed by atoms with van der Waals surface area (Å²) in [4.78, 5) is 39.4. The van der Waals surface area contributed by atoms with Crippen LogP contribution in [0.25, 0.3) is 22.2 Å². The van der Waals surface area contributed by atoms with E-state index in [2.05, 4.69) is 46.1 Å². The number of hydrogen-bond donors (Lipinski definition) is 2. The van der Waals surface area contributed by atoms with Crippen molar-refractivity contribution >= 4 is 45.8 Å². The number of esters is 1. The standard InChI is InChI=1S/C34H41N7O4/c1-9-30(42)36-25-16-26(29(44-8)17-28(25)41(7)20-34(14-15-34)39(4)5)37-33-35-18-23(32(43)45-21(2)3)31(38-33)24-19-40(6)27-13-11-10-12-22(24)27/h9-13,16-19,21H,1,14-15,20H2,2-8H3,(H,36,42)(H,35,37,38). The van der Waals surface area contributed by atoms with Crippen molar-refractivity contribution < 1.29 is 19.1 Å². The second-order valence-electron chi connectivity index (χ2n) is 11.9. The number of para-hydroxylation sites is 1. The first kappa shape index (κ1) is 31.5. The zero-order valence-electron chi connectivity index (χ0n) is 27.0. The summed E-state index contributed by atoms with van der Waals surface area (Å²) in [5.41, 5.74) is 4.44. The number of likely N-dealkylation sites (N-methyl/N-ethyl adjacent to an activating group) is 2. The van der Waals surface area contributed by atoms with E-state index in [1.54, 1.807) is 27.0 Å². The number of fused-ring (bicyclic) bond motifs is 1. The molecule has 1 aliphatic rings. The molecule has 11 heteroatoms. The molecule has 1 amide bonds. The Bertz CT molecular complexity index is 1760. The molecule has 2 aromatic carbocycles. The van der Waals surface area contributed by atoms with Gasteiger partial charge >= 0.3 is 5.97 Å². The molecule has 11 nitrogen and oxygen atoms in total. The molecule has 1 saturated carbocycles. The van der Waals surface area contributed by atoms with Crippen molar-refractivity contribution in [1.29, 1.82) is 0 Å². The molecular formula is C34H41N7O4. The Hall–Kier alpha value is -4.90. The average molecular weight is 612 g/mol. The Morgan fingerprint density at radius 2 is 1.89 bits per heavy atom. The molecule has 5 rings (SSSR count). The minimum Gasteiger partial charge on any atom is -0.494 e. The van der Waals surface area contributed by atoms with Crippen LogP contribution in [-0.4, -0.2) is 77.8 Å². The number of nitrogens with zero attached hydrogens (tertiary/aromatic N) is 5. The van der Waals surface area contributed by atoms with Crippen LogP contribution in [0.15, 0.2) is 61.4 Å². The highest BCUT2D eigenvalue weighted by Crippen LogP contribution is 2.44. The van der Waals surface area contributed by atoms with Gasteiger partial charge in [0.1, 0.15) is 11.3 Å². The monoisotopic (exact) mass is 611 g/mol. The molecule has 0 atom stereocenters. The van der Waals surface area contributed by atoms with Gasteiger partial charge in [-0.15, -0.1) is 0 Å². The van der Waals surface area contributed by atoms with E-state index in [1.165, 1.54) is 12.3 Å². The van der Waals surface area contributed by atoms with Crippen LogP contribution in [-0.2, 0) is 16.6 Å². The highest BCUT2D eigenvalue weighted by atomic mass is 16.5. The number of carbonyl (C=O) groups excluding carboxylic acids is 2. The van der Waals surface area contributed by atoms with Gasteiger partial charge in [0.25, 0.3) is 0 Å². The van der Waals surface area contributed by atoms with E-state index in [1.807, 2.05) is 55.2 Å². The lowest BCUT2D eigenvalue weighted by Crippen LogP contribution is -2.41. The molecule has 45 heavy (non-hydrogen) atoms. The van der Waals surface area contributed by atoms with Crippen LogP contribution in [0.5, 0.6) is 5.75 Å². The van der Waals surface area contributed by atoms with Crippen molar-refractivity contribution in [2.24, 2.45) is 7.05 Å². The second-order valence-corrected chi connectivity index (χ2v) is 11.9. The molecule has 0 spiro atoms. The van der Waals surface area contributed by atoms with Crippen LogP contribution >= 0.6 is 0 Å². The number of rotatable bonds is 12. The minimum atomic E-state index is -0.509. The number of anilines is 4.